The van der Waals surface area contributed by atoms with Crippen LogP contribution in [0.15, 0.2) is 24.5 Å². The monoisotopic (exact) mass is 284 g/mol. The van der Waals surface area contributed by atoms with Gasteiger partial charge in [0.25, 0.3) is 0 Å². The Labute approximate surface area is 121 Å². The van der Waals surface area contributed by atoms with E-state index in [9.17, 15) is 4.79 Å². The summed E-state index contributed by atoms with van der Waals surface area (Å²) in [7, 11) is 0. The van der Waals surface area contributed by atoms with E-state index in [0.29, 0.717) is 23.6 Å². The minimum atomic E-state index is -0.316. The SMILES string of the molecule is O=C1CC2(CCNCC2)Oc2ccc(-c3ncn[nH]3)cc21. The van der Waals surface area contributed by atoms with E-state index in [2.05, 4.69) is 20.5 Å². The second kappa shape index (κ2) is 4.66. The third kappa shape index (κ3) is 2.12. The molecule has 1 saturated heterocycles. The van der Waals surface area contributed by atoms with Crippen LogP contribution in [0.4, 0.5) is 0 Å². The maximum Gasteiger partial charge on any atom is 0.170 e. The maximum atomic E-state index is 12.5. The molecule has 3 heterocycles. The van der Waals surface area contributed by atoms with E-state index in [4.69, 9.17) is 4.74 Å². The van der Waals surface area contributed by atoms with Gasteiger partial charge in [-0.25, -0.2) is 4.98 Å². The van der Waals surface area contributed by atoms with Crippen molar-refractivity contribution in [1.29, 1.82) is 0 Å². The summed E-state index contributed by atoms with van der Waals surface area (Å²) in [6.07, 6.45) is 3.67. The molecule has 0 unspecified atom stereocenters. The number of hydrogen-bond donors (Lipinski definition) is 2. The normalized spacial score (nSPS) is 20.1. The van der Waals surface area contributed by atoms with Crippen molar-refractivity contribution in [3.63, 3.8) is 0 Å². The average molecular weight is 284 g/mol. The number of rotatable bonds is 1. The molecule has 2 aliphatic heterocycles. The summed E-state index contributed by atoms with van der Waals surface area (Å²) in [5.74, 6) is 1.50. The number of nitrogens with zero attached hydrogens (tertiary/aromatic N) is 2. The quantitative estimate of drug-likeness (QED) is 0.830. The zero-order valence-corrected chi connectivity index (χ0v) is 11.6. The third-order valence-electron chi connectivity index (χ3n) is 4.29. The predicted molar refractivity (Wildman–Crippen MR) is 76.2 cm³/mol. The van der Waals surface area contributed by atoms with E-state index in [1.165, 1.54) is 6.33 Å². The highest BCUT2D eigenvalue weighted by Crippen LogP contribution is 2.39. The fraction of sp³-hybridized carbons (Fsp3) is 0.400. The smallest absolute Gasteiger partial charge is 0.170 e. The molecule has 0 atom stereocenters. The Bertz CT molecular complexity index is 675. The van der Waals surface area contributed by atoms with Gasteiger partial charge in [0, 0.05) is 18.4 Å². The van der Waals surface area contributed by atoms with Crippen molar-refractivity contribution < 1.29 is 9.53 Å². The first-order chi connectivity index (χ1) is 10.3. The van der Waals surface area contributed by atoms with Crippen LogP contribution in [0.1, 0.15) is 29.6 Å². The van der Waals surface area contributed by atoms with Gasteiger partial charge in [0.15, 0.2) is 11.6 Å². The Morgan fingerprint density at radius 1 is 1.24 bits per heavy atom. The van der Waals surface area contributed by atoms with E-state index in [-0.39, 0.29) is 11.4 Å². The lowest BCUT2D eigenvalue weighted by Gasteiger charge is -2.40. The number of fused-ring (bicyclic) bond motifs is 1. The zero-order valence-electron chi connectivity index (χ0n) is 11.6. The molecule has 2 aromatic rings. The van der Waals surface area contributed by atoms with Crippen molar-refractivity contribution >= 4 is 5.78 Å². The molecule has 21 heavy (non-hydrogen) atoms. The van der Waals surface area contributed by atoms with Crippen molar-refractivity contribution in [3.8, 4) is 17.1 Å². The number of carbonyl (C=O) groups excluding carboxylic acids is 1. The molecule has 2 aliphatic rings. The number of H-pyrrole nitrogens is 1. The first-order valence-electron chi connectivity index (χ1n) is 7.19. The number of ketones is 1. The number of ether oxygens (including phenoxy) is 1. The molecule has 0 aliphatic carbocycles. The van der Waals surface area contributed by atoms with E-state index in [1.807, 2.05) is 18.2 Å². The number of aromatic nitrogens is 3. The van der Waals surface area contributed by atoms with Crippen molar-refractivity contribution in [2.24, 2.45) is 0 Å². The first-order valence-corrected chi connectivity index (χ1v) is 7.19. The molecule has 1 aromatic carbocycles. The third-order valence-corrected chi connectivity index (χ3v) is 4.29. The molecule has 0 bridgehead atoms. The van der Waals surface area contributed by atoms with Crippen molar-refractivity contribution in [3.05, 3.63) is 30.1 Å². The second-order valence-corrected chi connectivity index (χ2v) is 5.68. The van der Waals surface area contributed by atoms with Gasteiger partial charge >= 0.3 is 0 Å². The van der Waals surface area contributed by atoms with Gasteiger partial charge in [-0.3, -0.25) is 9.89 Å². The van der Waals surface area contributed by atoms with Crippen LogP contribution < -0.4 is 10.1 Å². The summed E-state index contributed by atoms with van der Waals surface area (Å²) < 4.78 is 6.20. The highest BCUT2D eigenvalue weighted by atomic mass is 16.5. The fourth-order valence-corrected chi connectivity index (χ4v) is 3.15. The van der Waals surface area contributed by atoms with Crippen molar-refractivity contribution in [1.82, 2.24) is 20.5 Å². The van der Waals surface area contributed by atoms with Gasteiger partial charge in [-0.05, 0) is 31.3 Å². The van der Waals surface area contributed by atoms with E-state index < -0.39 is 0 Å². The molecule has 1 spiro atoms. The minimum absolute atomic E-state index is 0.152. The Morgan fingerprint density at radius 3 is 2.86 bits per heavy atom. The second-order valence-electron chi connectivity index (χ2n) is 5.68. The van der Waals surface area contributed by atoms with E-state index >= 15 is 0 Å². The molecule has 0 amide bonds. The van der Waals surface area contributed by atoms with Crippen molar-refractivity contribution in [2.45, 2.75) is 24.9 Å². The van der Waals surface area contributed by atoms with Crippen LogP contribution in [-0.4, -0.2) is 39.7 Å². The molecule has 6 heteroatoms. The molecule has 0 saturated carbocycles. The molecule has 108 valence electrons. The summed E-state index contributed by atoms with van der Waals surface area (Å²) in [6, 6.07) is 5.62. The van der Waals surface area contributed by atoms with Gasteiger partial charge in [0.1, 0.15) is 17.7 Å². The standard InChI is InChI=1S/C15H16N4O2/c20-12-8-15(3-5-16-6-4-15)21-13-2-1-10(7-11(12)13)14-17-9-18-19-14/h1-2,7,9,16H,3-6,8H2,(H,17,18,19). The molecule has 0 radical (unpaired) electrons. The molecular weight excluding hydrogens is 268 g/mol. The Balaban J connectivity index is 1.71. The number of hydrogen-bond acceptors (Lipinski definition) is 5. The molecule has 4 rings (SSSR count). The number of piperidine rings is 1. The number of Topliss-reactive ketones (excluding diaryl/α,β-unsaturated/α-hetero) is 1. The van der Waals surface area contributed by atoms with Gasteiger partial charge in [-0.2, -0.15) is 5.10 Å². The number of aromatic amines is 1. The topological polar surface area (TPSA) is 79.9 Å². The van der Waals surface area contributed by atoms with Crippen LogP contribution in [0.5, 0.6) is 5.75 Å². The lowest BCUT2D eigenvalue weighted by Crippen LogP contribution is -2.49. The summed E-state index contributed by atoms with van der Waals surface area (Å²) in [5.41, 5.74) is 1.18. The largest absolute Gasteiger partial charge is 0.486 e. The number of benzene rings is 1. The molecule has 1 fully saturated rings. The predicted octanol–water partition coefficient (Wildman–Crippen LogP) is 1.56. The van der Waals surface area contributed by atoms with E-state index in [1.54, 1.807) is 0 Å². The average Bonchev–Trinajstić information content (AvgIpc) is 3.02. The van der Waals surface area contributed by atoms with Gasteiger partial charge in [-0.15, -0.1) is 0 Å². The number of nitrogens with one attached hydrogen (secondary N) is 2. The van der Waals surface area contributed by atoms with Crippen molar-refractivity contribution in [2.75, 3.05) is 13.1 Å². The lowest BCUT2D eigenvalue weighted by molar-refractivity contribution is 0.0188. The Morgan fingerprint density at radius 2 is 2.10 bits per heavy atom. The molecular formula is C15H16N4O2. The van der Waals surface area contributed by atoms with Gasteiger partial charge < -0.3 is 10.1 Å². The van der Waals surface area contributed by atoms with Crippen LogP contribution >= 0.6 is 0 Å². The highest BCUT2D eigenvalue weighted by Gasteiger charge is 2.41. The van der Waals surface area contributed by atoms with Gasteiger partial charge in [-0.1, -0.05) is 0 Å². The van der Waals surface area contributed by atoms with E-state index in [0.717, 1.165) is 31.5 Å². The summed E-state index contributed by atoms with van der Waals surface area (Å²) >= 11 is 0. The summed E-state index contributed by atoms with van der Waals surface area (Å²) in [5, 5.41) is 9.96. The fourth-order valence-electron chi connectivity index (χ4n) is 3.15. The van der Waals surface area contributed by atoms with Crippen LogP contribution in [0.3, 0.4) is 0 Å². The molecule has 6 nitrogen and oxygen atoms in total. The molecule has 2 N–H and O–H groups in total. The van der Waals surface area contributed by atoms with Gasteiger partial charge in [0.05, 0.1) is 12.0 Å². The van der Waals surface area contributed by atoms with Gasteiger partial charge in [0.2, 0.25) is 0 Å². The first kappa shape index (κ1) is 12.5. The van der Waals surface area contributed by atoms with Crippen LogP contribution in [0, 0.1) is 0 Å². The summed E-state index contributed by atoms with van der Waals surface area (Å²) in [6.45, 7) is 1.80. The van der Waals surface area contributed by atoms with Crippen LogP contribution in [0.25, 0.3) is 11.4 Å². The zero-order chi connectivity index (χ0) is 14.3. The Kier molecular flexibility index (Phi) is 2.78. The lowest BCUT2D eigenvalue weighted by atomic mass is 9.83. The highest BCUT2D eigenvalue weighted by molar-refractivity contribution is 6.01. The number of carbonyl (C=O) groups is 1. The van der Waals surface area contributed by atoms with Crippen LogP contribution in [-0.2, 0) is 0 Å². The molecule has 1 aromatic heterocycles. The maximum absolute atomic E-state index is 12.5. The Hall–Kier alpha value is -2.21. The summed E-state index contributed by atoms with van der Waals surface area (Å²) in [4.78, 5) is 16.7. The minimum Gasteiger partial charge on any atom is -0.486 e. The van der Waals surface area contributed by atoms with Crippen LogP contribution in [0.2, 0.25) is 0 Å².